The van der Waals surface area contributed by atoms with Gasteiger partial charge in [-0.25, -0.2) is 14.8 Å². The highest BCUT2D eigenvalue weighted by Crippen LogP contribution is 2.31. The zero-order chi connectivity index (χ0) is 18.0. The summed E-state index contributed by atoms with van der Waals surface area (Å²) >= 11 is 0. The van der Waals surface area contributed by atoms with Crippen LogP contribution in [-0.2, 0) is 12.6 Å². The fourth-order valence-corrected chi connectivity index (χ4v) is 2.18. The van der Waals surface area contributed by atoms with Gasteiger partial charge in [0.15, 0.2) is 11.7 Å². The molecule has 0 amide bonds. The number of carbonyl (C=O) groups is 1. The van der Waals surface area contributed by atoms with Crippen LogP contribution in [-0.4, -0.2) is 21.0 Å². The highest BCUT2D eigenvalue weighted by molar-refractivity contribution is 5.85. The third kappa shape index (κ3) is 3.85. The Morgan fingerprint density at radius 2 is 1.76 bits per heavy atom. The van der Waals surface area contributed by atoms with Gasteiger partial charge in [-0.2, -0.15) is 13.2 Å². The van der Waals surface area contributed by atoms with Crippen molar-refractivity contribution in [2.75, 3.05) is 0 Å². The third-order valence-electron chi connectivity index (χ3n) is 3.45. The molecule has 1 aromatic carbocycles. The van der Waals surface area contributed by atoms with Crippen molar-refractivity contribution in [3.05, 3.63) is 71.5 Å². The van der Waals surface area contributed by atoms with Gasteiger partial charge in [0.2, 0.25) is 0 Å². The van der Waals surface area contributed by atoms with Crippen LogP contribution in [0.3, 0.4) is 0 Å². The van der Waals surface area contributed by atoms with Gasteiger partial charge in [-0.3, -0.25) is 0 Å². The standard InChI is InChI=1S/C17H11F3N2O3/c18-17(19,20)12-4-2-11(3-5-12)14-9-22-15(25-14)7-10-1-6-13(16(23)24)21-8-10/h1-6,8-9H,7H2,(H,23,24). The van der Waals surface area contributed by atoms with Crippen molar-refractivity contribution < 1.29 is 27.5 Å². The molecule has 0 radical (unpaired) electrons. The highest BCUT2D eigenvalue weighted by atomic mass is 19.4. The van der Waals surface area contributed by atoms with E-state index in [1.165, 1.54) is 30.6 Å². The molecule has 8 heteroatoms. The van der Waals surface area contributed by atoms with Crippen molar-refractivity contribution in [3.8, 4) is 11.3 Å². The average Bonchev–Trinajstić information content (AvgIpc) is 3.03. The number of carboxylic acids is 1. The van der Waals surface area contributed by atoms with Crippen LogP contribution >= 0.6 is 0 Å². The molecule has 0 spiro atoms. The maximum Gasteiger partial charge on any atom is 0.416 e. The van der Waals surface area contributed by atoms with Gasteiger partial charge in [0.25, 0.3) is 0 Å². The number of nitrogens with zero attached hydrogens (tertiary/aromatic N) is 2. The number of carboxylic acid groups (broad SMARTS) is 1. The molecule has 0 aliphatic carbocycles. The Bertz CT molecular complexity index is 885. The van der Waals surface area contributed by atoms with Crippen molar-refractivity contribution in [2.45, 2.75) is 12.6 Å². The van der Waals surface area contributed by atoms with Crippen molar-refractivity contribution in [2.24, 2.45) is 0 Å². The van der Waals surface area contributed by atoms with Gasteiger partial charge in [0.1, 0.15) is 5.69 Å². The topological polar surface area (TPSA) is 76.2 Å². The van der Waals surface area contributed by atoms with Crippen molar-refractivity contribution in [1.82, 2.24) is 9.97 Å². The molecule has 0 aliphatic heterocycles. The Morgan fingerprint density at radius 3 is 2.32 bits per heavy atom. The van der Waals surface area contributed by atoms with E-state index in [1.807, 2.05) is 0 Å². The van der Waals surface area contributed by atoms with Crippen LogP contribution in [0.1, 0.15) is 27.5 Å². The highest BCUT2D eigenvalue weighted by Gasteiger charge is 2.30. The molecule has 2 aromatic heterocycles. The Labute approximate surface area is 139 Å². The number of aromatic carboxylic acids is 1. The first-order valence-corrected chi connectivity index (χ1v) is 7.13. The molecule has 5 nitrogen and oxygen atoms in total. The number of benzene rings is 1. The molecule has 2 heterocycles. The molecular weight excluding hydrogens is 337 g/mol. The average molecular weight is 348 g/mol. The van der Waals surface area contributed by atoms with Gasteiger partial charge in [-0.05, 0) is 23.8 Å². The summed E-state index contributed by atoms with van der Waals surface area (Å²) in [7, 11) is 0. The summed E-state index contributed by atoms with van der Waals surface area (Å²) in [6.45, 7) is 0. The van der Waals surface area contributed by atoms with Crippen LogP contribution in [0, 0.1) is 0 Å². The fourth-order valence-electron chi connectivity index (χ4n) is 2.18. The minimum atomic E-state index is -4.39. The summed E-state index contributed by atoms with van der Waals surface area (Å²) < 4.78 is 43.2. The van der Waals surface area contributed by atoms with Gasteiger partial charge in [0.05, 0.1) is 18.2 Å². The first-order valence-electron chi connectivity index (χ1n) is 7.13. The zero-order valence-corrected chi connectivity index (χ0v) is 12.6. The molecule has 0 fully saturated rings. The third-order valence-corrected chi connectivity index (χ3v) is 3.45. The molecule has 128 valence electrons. The quantitative estimate of drug-likeness (QED) is 0.770. The Balaban J connectivity index is 1.75. The predicted octanol–water partition coefficient (Wildman–Crippen LogP) is 4.04. The molecule has 0 saturated heterocycles. The van der Waals surface area contributed by atoms with E-state index in [4.69, 9.17) is 9.52 Å². The molecule has 1 N–H and O–H groups in total. The summed E-state index contributed by atoms with van der Waals surface area (Å²) in [6, 6.07) is 7.56. The molecule has 25 heavy (non-hydrogen) atoms. The molecule has 0 atom stereocenters. The Morgan fingerprint density at radius 1 is 1.04 bits per heavy atom. The van der Waals surface area contributed by atoms with Gasteiger partial charge in [-0.15, -0.1) is 0 Å². The molecule has 0 unspecified atom stereocenters. The van der Waals surface area contributed by atoms with E-state index >= 15 is 0 Å². The summed E-state index contributed by atoms with van der Waals surface area (Å²) in [5.41, 5.74) is 0.374. The SMILES string of the molecule is O=C(O)c1ccc(Cc2ncc(-c3ccc(C(F)(F)F)cc3)o2)cn1. The van der Waals surface area contributed by atoms with Crippen LogP contribution in [0.15, 0.2) is 53.2 Å². The lowest BCUT2D eigenvalue weighted by molar-refractivity contribution is -0.137. The molecule has 0 bridgehead atoms. The number of hydrogen-bond donors (Lipinski definition) is 1. The second-order valence-corrected chi connectivity index (χ2v) is 5.23. The van der Waals surface area contributed by atoms with Crippen LogP contribution in [0.5, 0.6) is 0 Å². The van der Waals surface area contributed by atoms with Crippen LogP contribution < -0.4 is 0 Å². The first kappa shape index (κ1) is 16.7. The minimum absolute atomic E-state index is 0.0680. The molecule has 3 rings (SSSR count). The van der Waals surface area contributed by atoms with Crippen molar-refractivity contribution >= 4 is 5.97 Å². The zero-order valence-electron chi connectivity index (χ0n) is 12.6. The van der Waals surface area contributed by atoms with Gasteiger partial charge in [0, 0.05) is 11.8 Å². The maximum absolute atomic E-state index is 12.6. The smallest absolute Gasteiger partial charge is 0.416 e. The van der Waals surface area contributed by atoms with E-state index in [1.54, 1.807) is 6.07 Å². The van der Waals surface area contributed by atoms with E-state index < -0.39 is 17.7 Å². The second kappa shape index (κ2) is 6.39. The van der Waals surface area contributed by atoms with Gasteiger partial charge < -0.3 is 9.52 Å². The fraction of sp³-hybridized carbons (Fsp3) is 0.118. The number of alkyl halides is 3. The number of rotatable bonds is 4. The van der Waals surface area contributed by atoms with E-state index in [0.717, 1.165) is 12.1 Å². The summed E-state index contributed by atoms with van der Waals surface area (Å²) in [5.74, 6) is -0.425. The number of halogens is 3. The lowest BCUT2D eigenvalue weighted by Gasteiger charge is -2.06. The summed E-state index contributed by atoms with van der Waals surface area (Å²) in [5, 5.41) is 8.80. The minimum Gasteiger partial charge on any atom is -0.477 e. The number of hydrogen-bond acceptors (Lipinski definition) is 4. The van der Waals surface area contributed by atoms with E-state index in [-0.39, 0.29) is 12.1 Å². The van der Waals surface area contributed by atoms with Gasteiger partial charge in [-0.1, -0.05) is 18.2 Å². The molecule has 0 saturated carbocycles. The van der Waals surface area contributed by atoms with Crippen LogP contribution in [0.4, 0.5) is 13.2 Å². The second-order valence-electron chi connectivity index (χ2n) is 5.23. The summed E-state index contributed by atoms with van der Waals surface area (Å²) in [4.78, 5) is 18.6. The summed E-state index contributed by atoms with van der Waals surface area (Å²) in [6.07, 6.45) is -1.27. The van der Waals surface area contributed by atoms with Crippen molar-refractivity contribution in [3.63, 3.8) is 0 Å². The van der Waals surface area contributed by atoms with Crippen LogP contribution in [0.2, 0.25) is 0 Å². The number of oxazole rings is 1. The maximum atomic E-state index is 12.6. The lowest BCUT2D eigenvalue weighted by atomic mass is 10.1. The van der Waals surface area contributed by atoms with Gasteiger partial charge >= 0.3 is 12.1 Å². The normalized spacial score (nSPS) is 11.5. The number of aromatic nitrogens is 2. The predicted molar refractivity (Wildman–Crippen MR) is 80.9 cm³/mol. The van der Waals surface area contributed by atoms with Crippen LogP contribution in [0.25, 0.3) is 11.3 Å². The van der Waals surface area contributed by atoms with E-state index in [2.05, 4.69) is 9.97 Å². The van der Waals surface area contributed by atoms with E-state index in [0.29, 0.717) is 22.8 Å². The molecule has 0 aliphatic rings. The first-order chi connectivity index (χ1) is 11.8. The Hall–Kier alpha value is -3.16. The Kier molecular flexibility index (Phi) is 4.26. The largest absolute Gasteiger partial charge is 0.477 e. The lowest BCUT2D eigenvalue weighted by Crippen LogP contribution is -2.03. The number of pyridine rings is 1. The van der Waals surface area contributed by atoms with Crippen molar-refractivity contribution in [1.29, 1.82) is 0 Å². The monoisotopic (exact) mass is 348 g/mol. The molecular formula is C17H11F3N2O3. The molecule has 3 aromatic rings. The van der Waals surface area contributed by atoms with E-state index in [9.17, 15) is 18.0 Å².